The standard InChI is InChI=1S/C24H30O2Si/c1-24(2,19-11-5-6-13-21-14-12-20-26-21)27(25,22-15-7-3-8-16-22)23-17-9-4-10-18-23/h3-4,7-10,12,14-18,20,25H,5-6,11,13,19H2,1-2H3. The SMILES string of the molecule is CC(C)(CCCCCc1ccco1)[Si](O)(c1ccccc1)c1ccccc1. The van der Waals surface area contributed by atoms with Gasteiger partial charge in [0.2, 0.25) is 0 Å². The largest absolute Gasteiger partial charge is 0.469 e. The Morgan fingerprint density at radius 3 is 1.89 bits per heavy atom. The molecule has 1 aromatic heterocycles. The molecule has 2 aromatic carbocycles. The van der Waals surface area contributed by atoms with Gasteiger partial charge in [0.25, 0.3) is 8.32 Å². The Morgan fingerprint density at radius 1 is 0.778 bits per heavy atom. The van der Waals surface area contributed by atoms with Crippen LogP contribution in [0.25, 0.3) is 0 Å². The molecule has 0 bridgehead atoms. The Morgan fingerprint density at radius 2 is 1.37 bits per heavy atom. The Balaban J connectivity index is 1.72. The lowest BCUT2D eigenvalue weighted by Gasteiger charge is -2.41. The third kappa shape index (κ3) is 4.42. The van der Waals surface area contributed by atoms with Crippen molar-refractivity contribution in [2.75, 3.05) is 0 Å². The Hall–Kier alpha value is -2.10. The van der Waals surface area contributed by atoms with Crippen molar-refractivity contribution in [3.05, 3.63) is 84.8 Å². The van der Waals surface area contributed by atoms with Crippen LogP contribution >= 0.6 is 0 Å². The maximum atomic E-state index is 12.1. The minimum absolute atomic E-state index is 0.152. The molecular weight excluding hydrogens is 348 g/mol. The molecule has 0 spiro atoms. The highest BCUT2D eigenvalue weighted by atomic mass is 28.4. The fourth-order valence-electron chi connectivity index (χ4n) is 3.99. The molecule has 3 heteroatoms. The lowest BCUT2D eigenvalue weighted by Crippen LogP contribution is -2.65. The summed E-state index contributed by atoms with van der Waals surface area (Å²) in [5.41, 5.74) is 0. The maximum absolute atomic E-state index is 12.1. The molecule has 0 unspecified atom stereocenters. The maximum Gasteiger partial charge on any atom is 0.258 e. The van der Waals surface area contributed by atoms with Gasteiger partial charge in [0.1, 0.15) is 5.76 Å². The molecule has 1 N–H and O–H groups in total. The fraction of sp³-hybridized carbons (Fsp3) is 0.333. The van der Waals surface area contributed by atoms with E-state index in [0.717, 1.165) is 48.2 Å². The lowest BCUT2D eigenvalue weighted by atomic mass is 10.0. The molecule has 3 rings (SSSR count). The summed E-state index contributed by atoms with van der Waals surface area (Å²) in [6, 6.07) is 24.6. The van der Waals surface area contributed by atoms with Crippen LogP contribution in [-0.4, -0.2) is 13.1 Å². The number of benzene rings is 2. The van der Waals surface area contributed by atoms with Crippen LogP contribution in [0.2, 0.25) is 5.04 Å². The van der Waals surface area contributed by atoms with Gasteiger partial charge in [-0.2, -0.15) is 0 Å². The van der Waals surface area contributed by atoms with Crippen LogP contribution in [0.5, 0.6) is 0 Å². The van der Waals surface area contributed by atoms with E-state index in [1.54, 1.807) is 6.26 Å². The van der Waals surface area contributed by atoms with Crippen LogP contribution in [0.1, 0.15) is 45.3 Å². The first-order chi connectivity index (χ1) is 13.0. The van der Waals surface area contributed by atoms with Gasteiger partial charge in [-0.25, -0.2) is 0 Å². The summed E-state index contributed by atoms with van der Waals surface area (Å²) in [5.74, 6) is 1.06. The quantitative estimate of drug-likeness (QED) is 0.424. The van der Waals surface area contributed by atoms with E-state index in [9.17, 15) is 4.80 Å². The molecular formula is C24H30O2Si. The molecule has 0 atom stereocenters. The highest BCUT2D eigenvalue weighted by molar-refractivity contribution is 6.98. The Kier molecular flexibility index (Phi) is 6.35. The second kappa shape index (κ2) is 8.72. The van der Waals surface area contributed by atoms with Crippen LogP contribution in [-0.2, 0) is 6.42 Å². The third-order valence-corrected chi connectivity index (χ3v) is 10.2. The van der Waals surface area contributed by atoms with Crippen LogP contribution in [0.15, 0.2) is 83.5 Å². The number of furan rings is 1. The first kappa shape index (κ1) is 19.7. The van der Waals surface area contributed by atoms with Gasteiger partial charge in [-0.3, -0.25) is 0 Å². The zero-order valence-electron chi connectivity index (χ0n) is 16.4. The summed E-state index contributed by atoms with van der Waals surface area (Å²) in [4.78, 5) is 12.1. The molecule has 0 aliphatic carbocycles. The predicted molar refractivity (Wildman–Crippen MR) is 115 cm³/mol. The van der Waals surface area contributed by atoms with E-state index in [4.69, 9.17) is 4.42 Å². The molecule has 27 heavy (non-hydrogen) atoms. The molecule has 0 aliphatic heterocycles. The van der Waals surface area contributed by atoms with Crippen LogP contribution in [0.3, 0.4) is 0 Å². The summed E-state index contributed by atoms with van der Waals surface area (Å²) in [7, 11) is -2.86. The monoisotopic (exact) mass is 378 g/mol. The highest BCUT2D eigenvalue weighted by Gasteiger charge is 2.49. The average molecular weight is 379 g/mol. The molecule has 3 aromatic rings. The van der Waals surface area contributed by atoms with Gasteiger partial charge in [0, 0.05) is 6.42 Å². The summed E-state index contributed by atoms with van der Waals surface area (Å²) in [6.45, 7) is 4.48. The molecule has 1 heterocycles. The number of rotatable bonds is 9. The van der Waals surface area contributed by atoms with Gasteiger partial charge >= 0.3 is 0 Å². The van der Waals surface area contributed by atoms with Crippen molar-refractivity contribution in [1.82, 2.24) is 0 Å². The molecule has 0 fully saturated rings. The van der Waals surface area contributed by atoms with E-state index in [1.165, 1.54) is 0 Å². The minimum Gasteiger partial charge on any atom is -0.469 e. The Labute approximate surface area is 164 Å². The number of unbranched alkanes of at least 4 members (excludes halogenated alkanes) is 2. The first-order valence-corrected chi connectivity index (χ1v) is 11.8. The van der Waals surface area contributed by atoms with Crippen molar-refractivity contribution in [2.24, 2.45) is 0 Å². The van der Waals surface area contributed by atoms with Gasteiger partial charge < -0.3 is 9.21 Å². The summed E-state index contributed by atoms with van der Waals surface area (Å²) in [5, 5.41) is 2.04. The fourth-order valence-corrected chi connectivity index (χ4v) is 7.77. The third-order valence-electron chi connectivity index (χ3n) is 5.67. The first-order valence-electron chi connectivity index (χ1n) is 9.90. The minimum atomic E-state index is -2.86. The summed E-state index contributed by atoms with van der Waals surface area (Å²) >= 11 is 0. The lowest BCUT2D eigenvalue weighted by molar-refractivity contribution is 0.443. The van der Waals surface area contributed by atoms with Gasteiger partial charge in [0.05, 0.1) is 6.26 Å². The van der Waals surface area contributed by atoms with E-state index in [2.05, 4.69) is 38.1 Å². The summed E-state index contributed by atoms with van der Waals surface area (Å²) in [6.07, 6.45) is 7.13. The van der Waals surface area contributed by atoms with E-state index < -0.39 is 8.32 Å². The number of hydrogen-bond acceptors (Lipinski definition) is 2. The predicted octanol–water partition coefficient (Wildman–Crippen LogP) is 4.91. The van der Waals surface area contributed by atoms with E-state index in [0.29, 0.717) is 0 Å². The van der Waals surface area contributed by atoms with Crippen molar-refractivity contribution < 1.29 is 9.21 Å². The molecule has 0 saturated heterocycles. The topological polar surface area (TPSA) is 33.4 Å². The van der Waals surface area contributed by atoms with Crippen LogP contribution < -0.4 is 10.4 Å². The van der Waals surface area contributed by atoms with Gasteiger partial charge in [-0.05, 0) is 40.4 Å². The normalized spacial score (nSPS) is 12.3. The van der Waals surface area contributed by atoms with Crippen molar-refractivity contribution in [3.63, 3.8) is 0 Å². The van der Waals surface area contributed by atoms with Gasteiger partial charge in [-0.1, -0.05) is 87.4 Å². The second-order valence-electron chi connectivity index (χ2n) is 7.97. The molecule has 2 nitrogen and oxygen atoms in total. The highest BCUT2D eigenvalue weighted by Crippen LogP contribution is 2.40. The Bertz CT molecular complexity index is 755. The molecule has 0 amide bonds. The van der Waals surface area contributed by atoms with Crippen molar-refractivity contribution in [3.8, 4) is 0 Å². The van der Waals surface area contributed by atoms with Crippen LogP contribution in [0, 0.1) is 0 Å². The summed E-state index contributed by atoms with van der Waals surface area (Å²) < 4.78 is 5.42. The van der Waals surface area contributed by atoms with Gasteiger partial charge in [0.15, 0.2) is 0 Å². The molecule has 0 aliphatic rings. The van der Waals surface area contributed by atoms with Crippen molar-refractivity contribution in [1.29, 1.82) is 0 Å². The average Bonchev–Trinajstić information content (AvgIpc) is 3.22. The second-order valence-corrected chi connectivity index (χ2v) is 11.9. The van der Waals surface area contributed by atoms with Crippen molar-refractivity contribution >= 4 is 18.7 Å². The zero-order valence-corrected chi connectivity index (χ0v) is 17.4. The molecule has 142 valence electrons. The van der Waals surface area contributed by atoms with Gasteiger partial charge in [-0.15, -0.1) is 0 Å². The number of aryl methyl sites for hydroxylation is 1. The molecule has 0 radical (unpaired) electrons. The smallest absolute Gasteiger partial charge is 0.258 e. The van der Waals surface area contributed by atoms with E-state index in [-0.39, 0.29) is 5.04 Å². The molecule has 0 saturated carbocycles. The van der Waals surface area contributed by atoms with E-state index in [1.807, 2.05) is 48.5 Å². The van der Waals surface area contributed by atoms with E-state index >= 15 is 0 Å². The number of hydrogen-bond donors (Lipinski definition) is 1. The zero-order chi connectivity index (χ0) is 19.2. The van der Waals surface area contributed by atoms with Crippen molar-refractivity contribution in [2.45, 2.75) is 51.0 Å². The van der Waals surface area contributed by atoms with Crippen LogP contribution in [0.4, 0.5) is 0 Å².